The standard InChI is InChI=1S/C19H17FN4O/c1-12-21-18(23-24(12)15-9-7-14(20)8-10-15)19(25)22-17-11-6-13-4-2-3-5-16(13)17/h2-5,7-10,17H,6,11H2,1H3,(H,22,25)/t17-/m1/s1. The second-order valence-electron chi connectivity index (χ2n) is 6.13. The van der Waals surface area contributed by atoms with E-state index >= 15 is 0 Å². The number of aryl methyl sites for hydroxylation is 2. The van der Waals surface area contributed by atoms with Crippen molar-refractivity contribution in [2.24, 2.45) is 0 Å². The van der Waals surface area contributed by atoms with Gasteiger partial charge in [0.1, 0.15) is 11.6 Å². The van der Waals surface area contributed by atoms with E-state index in [1.807, 2.05) is 18.2 Å². The molecule has 25 heavy (non-hydrogen) atoms. The lowest BCUT2D eigenvalue weighted by Gasteiger charge is -2.12. The van der Waals surface area contributed by atoms with Crippen molar-refractivity contribution in [3.05, 3.63) is 77.1 Å². The smallest absolute Gasteiger partial charge is 0.291 e. The van der Waals surface area contributed by atoms with Gasteiger partial charge in [-0.2, -0.15) is 0 Å². The number of nitrogens with zero attached hydrogens (tertiary/aromatic N) is 3. The third-order valence-electron chi connectivity index (χ3n) is 4.48. The Morgan fingerprint density at radius 1 is 1.20 bits per heavy atom. The highest BCUT2D eigenvalue weighted by Gasteiger charge is 2.25. The van der Waals surface area contributed by atoms with E-state index in [1.54, 1.807) is 19.1 Å². The first-order chi connectivity index (χ1) is 12.1. The molecule has 126 valence electrons. The minimum atomic E-state index is -0.320. The number of benzene rings is 2. The van der Waals surface area contributed by atoms with Crippen LogP contribution in [0.1, 0.15) is 40.0 Å². The Hall–Kier alpha value is -3.02. The van der Waals surface area contributed by atoms with Gasteiger partial charge in [0.05, 0.1) is 11.7 Å². The third-order valence-corrected chi connectivity index (χ3v) is 4.48. The van der Waals surface area contributed by atoms with Crippen molar-refractivity contribution in [2.45, 2.75) is 25.8 Å². The molecule has 0 aliphatic heterocycles. The van der Waals surface area contributed by atoms with Gasteiger partial charge < -0.3 is 5.32 Å². The minimum Gasteiger partial charge on any atom is -0.342 e. The summed E-state index contributed by atoms with van der Waals surface area (Å²) in [4.78, 5) is 16.8. The topological polar surface area (TPSA) is 59.8 Å². The van der Waals surface area contributed by atoms with Crippen molar-refractivity contribution < 1.29 is 9.18 Å². The summed E-state index contributed by atoms with van der Waals surface area (Å²) in [5, 5.41) is 7.29. The monoisotopic (exact) mass is 336 g/mol. The summed E-state index contributed by atoms with van der Waals surface area (Å²) in [5.41, 5.74) is 3.09. The predicted molar refractivity (Wildman–Crippen MR) is 91.0 cm³/mol. The van der Waals surface area contributed by atoms with Crippen LogP contribution in [0, 0.1) is 12.7 Å². The maximum absolute atomic E-state index is 13.1. The molecular formula is C19H17FN4O. The molecule has 5 nitrogen and oxygen atoms in total. The second kappa shape index (κ2) is 6.12. The van der Waals surface area contributed by atoms with Crippen molar-refractivity contribution in [1.29, 1.82) is 0 Å². The number of carbonyl (C=O) groups is 1. The van der Waals surface area contributed by atoms with E-state index in [0.29, 0.717) is 11.5 Å². The first-order valence-corrected chi connectivity index (χ1v) is 8.20. The molecule has 1 atom stereocenters. The molecule has 1 heterocycles. The van der Waals surface area contributed by atoms with Gasteiger partial charge in [-0.3, -0.25) is 4.79 Å². The van der Waals surface area contributed by atoms with E-state index in [9.17, 15) is 9.18 Å². The lowest BCUT2D eigenvalue weighted by atomic mass is 10.1. The molecule has 0 saturated heterocycles. The summed E-state index contributed by atoms with van der Waals surface area (Å²) < 4.78 is 14.6. The maximum Gasteiger partial charge on any atom is 0.291 e. The van der Waals surface area contributed by atoms with Gasteiger partial charge in [0, 0.05) is 0 Å². The fraction of sp³-hybridized carbons (Fsp3) is 0.211. The fourth-order valence-corrected chi connectivity index (χ4v) is 3.24. The number of amides is 1. The van der Waals surface area contributed by atoms with E-state index in [4.69, 9.17) is 0 Å². The number of nitrogens with one attached hydrogen (secondary N) is 1. The Kier molecular flexibility index (Phi) is 3.80. The Bertz CT molecular complexity index is 933. The van der Waals surface area contributed by atoms with Crippen LogP contribution in [0.3, 0.4) is 0 Å². The highest BCUT2D eigenvalue weighted by atomic mass is 19.1. The zero-order valence-corrected chi connectivity index (χ0v) is 13.7. The van der Waals surface area contributed by atoms with Gasteiger partial charge in [-0.05, 0) is 55.2 Å². The number of hydrogen-bond acceptors (Lipinski definition) is 3. The van der Waals surface area contributed by atoms with Crippen LogP contribution in [0.25, 0.3) is 5.69 Å². The van der Waals surface area contributed by atoms with E-state index < -0.39 is 0 Å². The molecule has 4 rings (SSSR count). The van der Waals surface area contributed by atoms with Crippen LogP contribution in [0.2, 0.25) is 0 Å². The molecule has 1 aliphatic rings. The van der Waals surface area contributed by atoms with Gasteiger partial charge in [0.25, 0.3) is 5.91 Å². The van der Waals surface area contributed by atoms with Gasteiger partial charge >= 0.3 is 0 Å². The van der Waals surface area contributed by atoms with Crippen LogP contribution in [0.5, 0.6) is 0 Å². The molecule has 0 radical (unpaired) electrons. The lowest BCUT2D eigenvalue weighted by Crippen LogP contribution is -2.28. The number of rotatable bonds is 3. The van der Waals surface area contributed by atoms with Crippen LogP contribution in [0.15, 0.2) is 48.5 Å². The number of carbonyl (C=O) groups excluding carboxylic acids is 1. The Labute approximate surface area is 144 Å². The summed E-state index contributed by atoms with van der Waals surface area (Å²) in [6, 6.07) is 14.0. The zero-order chi connectivity index (χ0) is 17.4. The van der Waals surface area contributed by atoms with Crippen LogP contribution in [-0.4, -0.2) is 20.7 Å². The van der Waals surface area contributed by atoms with Crippen molar-refractivity contribution in [2.75, 3.05) is 0 Å². The molecule has 0 saturated carbocycles. The van der Waals surface area contributed by atoms with Crippen molar-refractivity contribution >= 4 is 5.91 Å². The van der Waals surface area contributed by atoms with E-state index in [1.165, 1.54) is 22.4 Å². The van der Waals surface area contributed by atoms with Gasteiger partial charge in [0.2, 0.25) is 5.82 Å². The average Bonchev–Trinajstić information content (AvgIpc) is 3.20. The molecular weight excluding hydrogens is 319 g/mol. The van der Waals surface area contributed by atoms with E-state index in [2.05, 4.69) is 21.5 Å². The number of fused-ring (bicyclic) bond motifs is 1. The van der Waals surface area contributed by atoms with Gasteiger partial charge in [-0.1, -0.05) is 24.3 Å². The Morgan fingerprint density at radius 3 is 2.76 bits per heavy atom. The van der Waals surface area contributed by atoms with Crippen LogP contribution in [-0.2, 0) is 6.42 Å². The zero-order valence-electron chi connectivity index (χ0n) is 13.7. The molecule has 1 aromatic heterocycles. The highest BCUT2D eigenvalue weighted by Crippen LogP contribution is 2.30. The Morgan fingerprint density at radius 2 is 1.96 bits per heavy atom. The molecule has 0 spiro atoms. The van der Waals surface area contributed by atoms with Crippen LogP contribution in [0.4, 0.5) is 4.39 Å². The van der Waals surface area contributed by atoms with Crippen LogP contribution >= 0.6 is 0 Å². The highest BCUT2D eigenvalue weighted by molar-refractivity contribution is 5.90. The number of halogens is 1. The van der Waals surface area contributed by atoms with Crippen molar-refractivity contribution in [3.8, 4) is 5.69 Å². The molecule has 1 aliphatic carbocycles. The summed E-state index contributed by atoms with van der Waals surface area (Å²) in [6.45, 7) is 1.76. The quantitative estimate of drug-likeness (QED) is 0.799. The fourth-order valence-electron chi connectivity index (χ4n) is 3.24. The lowest BCUT2D eigenvalue weighted by molar-refractivity contribution is 0.0926. The van der Waals surface area contributed by atoms with Crippen molar-refractivity contribution in [3.63, 3.8) is 0 Å². The molecule has 2 aromatic carbocycles. The molecule has 0 fully saturated rings. The van der Waals surface area contributed by atoms with E-state index in [0.717, 1.165) is 18.4 Å². The first-order valence-electron chi connectivity index (χ1n) is 8.20. The minimum absolute atomic E-state index is 0.0122. The Balaban J connectivity index is 1.56. The number of aromatic nitrogens is 3. The molecule has 3 aromatic rings. The molecule has 6 heteroatoms. The summed E-state index contributed by atoms with van der Waals surface area (Å²) >= 11 is 0. The predicted octanol–water partition coefficient (Wildman–Crippen LogP) is 3.13. The molecule has 0 bridgehead atoms. The average molecular weight is 336 g/mol. The molecule has 0 unspecified atom stereocenters. The maximum atomic E-state index is 13.1. The van der Waals surface area contributed by atoms with Crippen LogP contribution < -0.4 is 5.32 Å². The second-order valence-corrected chi connectivity index (χ2v) is 6.13. The summed E-state index contributed by atoms with van der Waals surface area (Å²) in [6.07, 6.45) is 1.83. The normalized spacial score (nSPS) is 15.8. The third kappa shape index (κ3) is 2.91. The van der Waals surface area contributed by atoms with Gasteiger partial charge in [-0.15, -0.1) is 5.10 Å². The van der Waals surface area contributed by atoms with E-state index in [-0.39, 0.29) is 23.6 Å². The van der Waals surface area contributed by atoms with Crippen molar-refractivity contribution in [1.82, 2.24) is 20.1 Å². The van der Waals surface area contributed by atoms with Gasteiger partial charge in [0.15, 0.2) is 0 Å². The molecule has 1 N–H and O–H groups in total. The largest absolute Gasteiger partial charge is 0.342 e. The SMILES string of the molecule is Cc1nc(C(=O)N[C@@H]2CCc3ccccc32)nn1-c1ccc(F)cc1. The van der Waals surface area contributed by atoms with Gasteiger partial charge in [-0.25, -0.2) is 14.1 Å². The summed E-state index contributed by atoms with van der Waals surface area (Å²) in [5.74, 6) is 0.0693. The number of hydrogen-bond donors (Lipinski definition) is 1. The first kappa shape index (κ1) is 15.5. The summed E-state index contributed by atoms with van der Waals surface area (Å²) in [7, 11) is 0. The molecule has 1 amide bonds.